The number of para-hydroxylation sites is 1. The first-order valence-electron chi connectivity index (χ1n) is 6.35. The van der Waals surface area contributed by atoms with E-state index in [9.17, 15) is 4.79 Å². The van der Waals surface area contributed by atoms with Gasteiger partial charge in [-0.1, -0.05) is 25.1 Å². The Morgan fingerprint density at radius 1 is 1.47 bits per heavy atom. The Labute approximate surface area is 111 Å². The van der Waals surface area contributed by atoms with Crippen LogP contribution in [-0.2, 0) is 6.42 Å². The minimum Gasteiger partial charge on any atom is -0.396 e. The van der Waals surface area contributed by atoms with E-state index in [1.165, 1.54) is 11.8 Å². The van der Waals surface area contributed by atoms with Gasteiger partial charge in [-0.3, -0.25) is 9.89 Å². The van der Waals surface area contributed by atoms with E-state index >= 15 is 0 Å². The predicted molar refractivity (Wildman–Crippen MR) is 74.0 cm³/mol. The van der Waals surface area contributed by atoms with Crippen molar-refractivity contribution in [3.8, 4) is 0 Å². The molecule has 0 fully saturated rings. The highest BCUT2D eigenvalue weighted by molar-refractivity contribution is 6.08. The Bertz CT molecular complexity index is 619. The van der Waals surface area contributed by atoms with E-state index in [0.717, 1.165) is 12.1 Å². The molecule has 0 bridgehead atoms. The van der Waals surface area contributed by atoms with Crippen LogP contribution in [0, 0.1) is 5.92 Å². The highest BCUT2D eigenvalue weighted by atomic mass is 16.2. The van der Waals surface area contributed by atoms with Crippen LogP contribution in [0.4, 0.5) is 11.4 Å². The number of amides is 1. The summed E-state index contributed by atoms with van der Waals surface area (Å²) in [6.45, 7) is 2.85. The minimum absolute atomic E-state index is 0.117. The normalized spacial score (nSPS) is 18.2. The van der Waals surface area contributed by atoms with Gasteiger partial charge in [-0.25, -0.2) is 0 Å². The maximum Gasteiger partial charge on any atom is 0.278 e. The summed E-state index contributed by atoms with van der Waals surface area (Å²) in [5.74, 6) is 0.317. The lowest BCUT2D eigenvalue weighted by molar-refractivity contribution is 0.0977. The zero-order chi connectivity index (χ0) is 13.4. The Balaban J connectivity index is 2.02. The summed E-state index contributed by atoms with van der Waals surface area (Å²) in [5, 5.41) is 6.50. The third-order valence-electron chi connectivity index (χ3n) is 3.47. The van der Waals surface area contributed by atoms with E-state index in [0.29, 0.717) is 23.8 Å². The molecule has 0 saturated heterocycles. The topological polar surface area (TPSA) is 75.0 Å². The van der Waals surface area contributed by atoms with Crippen molar-refractivity contribution in [2.24, 2.45) is 5.92 Å². The van der Waals surface area contributed by atoms with Gasteiger partial charge < -0.3 is 10.6 Å². The molecule has 0 spiro atoms. The molecule has 5 nitrogen and oxygen atoms in total. The second-order valence-corrected chi connectivity index (χ2v) is 5.05. The fourth-order valence-corrected chi connectivity index (χ4v) is 2.59. The second kappa shape index (κ2) is 4.42. The van der Waals surface area contributed by atoms with Gasteiger partial charge in [0.25, 0.3) is 5.91 Å². The maximum atomic E-state index is 12.6. The average Bonchev–Trinajstić information content (AvgIpc) is 2.83. The van der Waals surface area contributed by atoms with Crippen molar-refractivity contribution < 1.29 is 4.79 Å². The third kappa shape index (κ3) is 1.97. The average molecular weight is 256 g/mol. The maximum absolute atomic E-state index is 12.6. The van der Waals surface area contributed by atoms with Crippen LogP contribution in [0.2, 0.25) is 0 Å². The van der Waals surface area contributed by atoms with E-state index in [4.69, 9.17) is 5.73 Å². The van der Waals surface area contributed by atoms with Gasteiger partial charge in [0.2, 0.25) is 0 Å². The Morgan fingerprint density at radius 2 is 2.26 bits per heavy atom. The first-order valence-corrected chi connectivity index (χ1v) is 6.35. The van der Waals surface area contributed by atoms with Crippen molar-refractivity contribution in [1.29, 1.82) is 0 Å². The molecule has 1 aliphatic rings. The molecule has 5 heteroatoms. The first kappa shape index (κ1) is 11.8. The quantitative estimate of drug-likeness (QED) is 0.817. The number of aromatic nitrogens is 2. The molecule has 2 aromatic rings. The number of nitrogens with zero attached hydrogens (tertiary/aromatic N) is 2. The molecule has 1 aromatic heterocycles. The van der Waals surface area contributed by atoms with Gasteiger partial charge in [-0.2, -0.15) is 5.10 Å². The van der Waals surface area contributed by atoms with Crippen LogP contribution in [0.3, 0.4) is 0 Å². The number of carbonyl (C=O) groups excluding carboxylic acids is 1. The van der Waals surface area contributed by atoms with E-state index in [1.54, 1.807) is 4.90 Å². The number of rotatable bonds is 1. The number of anilines is 2. The number of nitrogen functional groups attached to an aromatic ring is 1. The van der Waals surface area contributed by atoms with Crippen molar-refractivity contribution in [2.45, 2.75) is 13.3 Å². The molecule has 1 unspecified atom stereocenters. The molecule has 98 valence electrons. The molecule has 1 amide bonds. The number of fused-ring (bicyclic) bond motifs is 1. The third-order valence-corrected chi connectivity index (χ3v) is 3.47. The zero-order valence-electron chi connectivity index (χ0n) is 10.8. The highest BCUT2D eigenvalue weighted by Gasteiger charge is 2.28. The number of nitrogens with one attached hydrogen (secondary N) is 1. The van der Waals surface area contributed by atoms with E-state index in [1.807, 2.05) is 18.2 Å². The molecule has 19 heavy (non-hydrogen) atoms. The van der Waals surface area contributed by atoms with Gasteiger partial charge in [0.1, 0.15) is 5.69 Å². The summed E-state index contributed by atoms with van der Waals surface area (Å²) in [6, 6.07) is 8.00. The van der Waals surface area contributed by atoms with Crippen molar-refractivity contribution >= 4 is 17.3 Å². The second-order valence-electron chi connectivity index (χ2n) is 5.05. The summed E-state index contributed by atoms with van der Waals surface area (Å²) in [7, 11) is 0. The van der Waals surface area contributed by atoms with Crippen LogP contribution in [0.25, 0.3) is 0 Å². The summed E-state index contributed by atoms with van der Waals surface area (Å²) in [4.78, 5) is 14.3. The van der Waals surface area contributed by atoms with Gasteiger partial charge in [0, 0.05) is 12.2 Å². The Hall–Kier alpha value is -2.30. The predicted octanol–water partition coefficient (Wildman–Crippen LogP) is 1.83. The summed E-state index contributed by atoms with van der Waals surface area (Å²) in [6.07, 6.45) is 2.46. The summed E-state index contributed by atoms with van der Waals surface area (Å²) < 4.78 is 0. The van der Waals surface area contributed by atoms with Crippen LogP contribution in [-0.4, -0.2) is 22.6 Å². The molecule has 1 atom stereocenters. The van der Waals surface area contributed by atoms with E-state index < -0.39 is 0 Å². The molecular weight excluding hydrogens is 240 g/mol. The fraction of sp³-hybridized carbons (Fsp3) is 0.286. The highest BCUT2D eigenvalue weighted by Crippen LogP contribution is 2.30. The van der Waals surface area contributed by atoms with Gasteiger partial charge in [-0.15, -0.1) is 0 Å². The number of aromatic amines is 1. The SMILES string of the molecule is CC1Cc2ccccc2N(C(=O)c2[nH]ncc2N)C1. The number of nitrogens with two attached hydrogens (primary N) is 1. The Morgan fingerprint density at radius 3 is 3.00 bits per heavy atom. The Kier molecular flexibility index (Phi) is 2.74. The van der Waals surface area contributed by atoms with Crippen molar-refractivity contribution in [2.75, 3.05) is 17.2 Å². The molecule has 1 aromatic carbocycles. The zero-order valence-corrected chi connectivity index (χ0v) is 10.8. The molecule has 0 saturated carbocycles. The van der Waals surface area contributed by atoms with Crippen molar-refractivity contribution in [3.05, 3.63) is 41.7 Å². The monoisotopic (exact) mass is 256 g/mol. The lowest BCUT2D eigenvalue weighted by Gasteiger charge is -2.32. The number of hydrogen-bond donors (Lipinski definition) is 2. The lowest BCUT2D eigenvalue weighted by Crippen LogP contribution is -2.39. The van der Waals surface area contributed by atoms with Gasteiger partial charge in [-0.05, 0) is 24.0 Å². The van der Waals surface area contributed by atoms with Crippen LogP contribution >= 0.6 is 0 Å². The van der Waals surface area contributed by atoms with Crippen LogP contribution in [0.1, 0.15) is 23.0 Å². The van der Waals surface area contributed by atoms with Crippen molar-refractivity contribution in [3.63, 3.8) is 0 Å². The number of H-pyrrole nitrogens is 1. The number of carbonyl (C=O) groups is 1. The summed E-state index contributed by atoms with van der Waals surface area (Å²) in [5.41, 5.74) is 8.69. The van der Waals surface area contributed by atoms with Gasteiger partial charge >= 0.3 is 0 Å². The largest absolute Gasteiger partial charge is 0.396 e. The minimum atomic E-state index is -0.117. The number of hydrogen-bond acceptors (Lipinski definition) is 3. The fourth-order valence-electron chi connectivity index (χ4n) is 2.59. The standard InChI is InChI=1S/C14H16N4O/c1-9-6-10-4-2-3-5-12(10)18(8-9)14(19)13-11(15)7-16-17-13/h2-5,7,9H,6,8,15H2,1H3,(H,16,17). The molecule has 3 rings (SSSR count). The first-order chi connectivity index (χ1) is 9.16. The van der Waals surface area contributed by atoms with E-state index in [2.05, 4.69) is 23.2 Å². The molecular formula is C14H16N4O. The van der Waals surface area contributed by atoms with E-state index in [-0.39, 0.29) is 5.91 Å². The van der Waals surface area contributed by atoms with Crippen LogP contribution < -0.4 is 10.6 Å². The van der Waals surface area contributed by atoms with Gasteiger partial charge in [0.15, 0.2) is 0 Å². The molecule has 2 heterocycles. The van der Waals surface area contributed by atoms with Crippen LogP contribution in [0.5, 0.6) is 0 Å². The molecule has 0 radical (unpaired) electrons. The number of benzene rings is 1. The lowest BCUT2D eigenvalue weighted by atomic mass is 9.93. The molecule has 0 aliphatic carbocycles. The summed E-state index contributed by atoms with van der Waals surface area (Å²) >= 11 is 0. The van der Waals surface area contributed by atoms with Crippen molar-refractivity contribution in [1.82, 2.24) is 10.2 Å². The molecule has 1 aliphatic heterocycles. The molecule has 3 N–H and O–H groups in total. The van der Waals surface area contributed by atoms with Gasteiger partial charge in [0.05, 0.1) is 11.9 Å². The van der Waals surface area contributed by atoms with Crippen LogP contribution in [0.15, 0.2) is 30.5 Å². The smallest absolute Gasteiger partial charge is 0.278 e.